The van der Waals surface area contributed by atoms with Gasteiger partial charge in [-0.1, -0.05) is 31.2 Å². The zero-order chi connectivity index (χ0) is 17.3. The van der Waals surface area contributed by atoms with Crippen molar-refractivity contribution < 1.29 is 8.42 Å². The number of pyridine rings is 1. The van der Waals surface area contributed by atoms with Crippen molar-refractivity contribution >= 4 is 9.84 Å². The first-order chi connectivity index (χ1) is 11.4. The first kappa shape index (κ1) is 16.2. The smallest absolute Gasteiger partial charge is 0.280 e. The van der Waals surface area contributed by atoms with Gasteiger partial charge >= 0.3 is 0 Å². The van der Waals surface area contributed by atoms with Crippen molar-refractivity contribution in [2.24, 2.45) is 0 Å². The average molecular weight is 343 g/mol. The lowest BCUT2D eigenvalue weighted by Gasteiger charge is -2.02. The van der Waals surface area contributed by atoms with E-state index in [0.29, 0.717) is 11.4 Å². The number of rotatable bonds is 4. The summed E-state index contributed by atoms with van der Waals surface area (Å²) in [5, 5.41) is 2.87. The van der Waals surface area contributed by atoms with Crippen LogP contribution in [-0.2, 0) is 16.3 Å². The van der Waals surface area contributed by atoms with Crippen LogP contribution in [0.25, 0.3) is 16.9 Å². The van der Waals surface area contributed by atoms with Gasteiger partial charge in [-0.25, -0.2) is 18.1 Å². The molecule has 0 radical (unpaired) electrons. The molecule has 0 aliphatic heterocycles. The number of H-pyrrole nitrogens is 1. The molecular weight excluding hydrogens is 326 g/mol. The summed E-state index contributed by atoms with van der Waals surface area (Å²) >= 11 is 0. The van der Waals surface area contributed by atoms with Crippen LogP contribution in [0.1, 0.15) is 12.5 Å². The molecule has 0 fully saturated rings. The molecule has 7 heteroatoms. The summed E-state index contributed by atoms with van der Waals surface area (Å²) in [6.07, 6.45) is 4.92. The Balaban J connectivity index is 1.99. The third kappa shape index (κ3) is 3.03. The van der Waals surface area contributed by atoms with Gasteiger partial charge in [0.15, 0.2) is 15.7 Å². The van der Waals surface area contributed by atoms with E-state index >= 15 is 0 Å². The highest BCUT2D eigenvalue weighted by Gasteiger charge is 2.12. The van der Waals surface area contributed by atoms with Crippen molar-refractivity contribution in [3.05, 3.63) is 64.7 Å². The van der Waals surface area contributed by atoms with E-state index in [2.05, 4.69) is 17.0 Å². The average Bonchev–Trinajstić information content (AvgIpc) is 2.96. The predicted molar refractivity (Wildman–Crippen MR) is 92.1 cm³/mol. The van der Waals surface area contributed by atoms with Gasteiger partial charge in [0, 0.05) is 18.6 Å². The molecule has 3 aromatic rings. The number of aromatic nitrogens is 3. The predicted octanol–water partition coefficient (Wildman–Crippen LogP) is 2.19. The molecule has 2 aromatic heterocycles. The Kier molecular flexibility index (Phi) is 4.11. The molecule has 0 spiro atoms. The minimum atomic E-state index is -3.32. The summed E-state index contributed by atoms with van der Waals surface area (Å²) < 4.78 is 24.2. The van der Waals surface area contributed by atoms with Gasteiger partial charge < -0.3 is 0 Å². The van der Waals surface area contributed by atoms with E-state index in [1.165, 1.54) is 28.6 Å². The number of hydrogen-bond acceptors (Lipinski definition) is 4. The fraction of sp³-hybridized carbons (Fsp3) is 0.176. The van der Waals surface area contributed by atoms with Crippen LogP contribution in [0.2, 0.25) is 0 Å². The van der Waals surface area contributed by atoms with E-state index < -0.39 is 9.84 Å². The summed E-state index contributed by atoms with van der Waals surface area (Å²) in [4.78, 5) is 16.8. The lowest BCUT2D eigenvalue weighted by Crippen LogP contribution is -2.17. The van der Waals surface area contributed by atoms with Crippen molar-refractivity contribution in [3.8, 4) is 16.9 Å². The number of aryl methyl sites for hydroxylation is 1. The Labute approximate surface area is 139 Å². The molecule has 0 bridgehead atoms. The van der Waals surface area contributed by atoms with E-state index in [-0.39, 0.29) is 10.5 Å². The van der Waals surface area contributed by atoms with Crippen molar-refractivity contribution in [1.29, 1.82) is 0 Å². The zero-order valence-corrected chi connectivity index (χ0v) is 14.2. The van der Waals surface area contributed by atoms with Gasteiger partial charge in [-0.3, -0.25) is 9.89 Å². The number of benzene rings is 1. The molecular formula is C17H17N3O3S. The minimum Gasteiger partial charge on any atom is -0.296 e. The molecule has 0 aliphatic carbocycles. The van der Waals surface area contributed by atoms with Crippen molar-refractivity contribution in [1.82, 2.24) is 14.8 Å². The number of aromatic amines is 1. The maximum Gasteiger partial charge on any atom is 0.280 e. The summed E-state index contributed by atoms with van der Waals surface area (Å²) in [6, 6.07) is 10.7. The van der Waals surface area contributed by atoms with Gasteiger partial charge in [0.25, 0.3) is 5.56 Å². The van der Waals surface area contributed by atoms with Gasteiger partial charge in [0.1, 0.15) is 0 Å². The van der Waals surface area contributed by atoms with E-state index in [0.717, 1.165) is 18.2 Å². The van der Waals surface area contributed by atoms with Crippen LogP contribution in [0.15, 0.2) is 58.5 Å². The van der Waals surface area contributed by atoms with Gasteiger partial charge in [-0.05, 0) is 29.7 Å². The molecule has 0 saturated carbocycles. The normalized spacial score (nSPS) is 11.6. The first-order valence-corrected chi connectivity index (χ1v) is 9.35. The van der Waals surface area contributed by atoms with Gasteiger partial charge in [0.2, 0.25) is 0 Å². The number of sulfone groups is 1. The van der Waals surface area contributed by atoms with E-state index in [9.17, 15) is 13.2 Å². The number of nitrogens with zero attached hydrogens (tertiary/aromatic N) is 2. The minimum absolute atomic E-state index is 0.112. The van der Waals surface area contributed by atoms with Crippen LogP contribution >= 0.6 is 0 Å². The highest BCUT2D eigenvalue weighted by Crippen LogP contribution is 2.17. The molecule has 1 aromatic carbocycles. The molecule has 24 heavy (non-hydrogen) atoms. The molecule has 0 unspecified atom stereocenters. The van der Waals surface area contributed by atoms with Gasteiger partial charge in [-0.2, -0.15) is 0 Å². The van der Waals surface area contributed by atoms with Crippen LogP contribution in [0, 0.1) is 0 Å². The Morgan fingerprint density at radius 3 is 2.38 bits per heavy atom. The Bertz CT molecular complexity index is 1010. The molecule has 0 saturated heterocycles. The molecule has 6 nitrogen and oxygen atoms in total. The van der Waals surface area contributed by atoms with Crippen molar-refractivity contribution in [2.75, 3.05) is 6.26 Å². The summed E-state index contributed by atoms with van der Waals surface area (Å²) in [5.41, 5.74) is 2.32. The highest BCUT2D eigenvalue weighted by atomic mass is 32.2. The molecule has 0 aliphatic rings. The van der Waals surface area contributed by atoms with Gasteiger partial charge in [-0.15, -0.1) is 0 Å². The van der Waals surface area contributed by atoms with E-state index in [1.807, 2.05) is 24.3 Å². The summed E-state index contributed by atoms with van der Waals surface area (Å²) in [7, 11) is -3.32. The van der Waals surface area contributed by atoms with Crippen LogP contribution in [0.4, 0.5) is 0 Å². The standard InChI is InChI=1S/C17H17N3O3S/c1-3-12-4-6-13(7-5-12)15-11-19-20(17(15)21)16-9-8-14(10-18-16)24(2,22)23/h4-11,19H,3H2,1-2H3. The maximum atomic E-state index is 12.6. The van der Waals surface area contributed by atoms with Crippen LogP contribution in [-0.4, -0.2) is 29.4 Å². The lowest BCUT2D eigenvalue weighted by atomic mass is 10.1. The Morgan fingerprint density at radius 2 is 1.83 bits per heavy atom. The van der Waals surface area contributed by atoms with Gasteiger partial charge in [0.05, 0.1) is 10.5 Å². The molecule has 0 amide bonds. The van der Waals surface area contributed by atoms with Crippen molar-refractivity contribution in [3.63, 3.8) is 0 Å². The molecule has 0 atom stereocenters. The second-order valence-corrected chi connectivity index (χ2v) is 7.52. The largest absolute Gasteiger partial charge is 0.296 e. The quantitative estimate of drug-likeness (QED) is 0.787. The van der Waals surface area contributed by atoms with Crippen LogP contribution < -0.4 is 5.56 Å². The van der Waals surface area contributed by atoms with Crippen LogP contribution in [0.3, 0.4) is 0 Å². The fourth-order valence-corrected chi connectivity index (χ4v) is 2.95. The van der Waals surface area contributed by atoms with Crippen molar-refractivity contribution in [2.45, 2.75) is 18.2 Å². The lowest BCUT2D eigenvalue weighted by molar-refractivity contribution is 0.601. The zero-order valence-electron chi connectivity index (χ0n) is 13.4. The first-order valence-electron chi connectivity index (χ1n) is 7.46. The molecule has 2 heterocycles. The Hall–Kier alpha value is -2.67. The van der Waals surface area contributed by atoms with E-state index in [1.54, 1.807) is 6.20 Å². The van der Waals surface area contributed by atoms with E-state index in [4.69, 9.17) is 0 Å². The maximum absolute atomic E-state index is 12.6. The molecule has 124 valence electrons. The Morgan fingerprint density at radius 1 is 1.12 bits per heavy atom. The topological polar surface area (TPSA) is 84.8 Å². The SMILES string of the molecule is CCc1ccc(-c2c[nH]n(-c3ccc(S(C)(=O)=O)cn3)c2=O)cc1. The van der Waals surface area contributed by atoms with Crippen LogP contribution in [0.5, 0.6) is 0 Å². The second kappa shape index (κ2) is 6.09. The summed E-state index contributed by atoms with van der Waals surface area (Å²) in [6.45, 7) is 2.07. The number of hydrogen-bond donors (Lipinski definition) is 1. The summed E-state index contributed by atoms with van der Waals surface area (Å²) in [5.74, 6) is 0.337. The third-order valence-electron chi connectivity index (χ3n) is 3.82. The monoisotopic (exact) mass is 343 g/mol. The fourth-order valence-electron chi connectivity index (χ4n) is 2.39. The highest BCUT2D eigenvalue weighted by molar-refractivity contribution is 7.90. The second-order valence-electron chi connectivity index (χ2n) is 5.50. The number of nitrogens with one attached hydrogen (secondary N) is 1. The third-order valence-corrected chi connectivity index (χ3v) is 4.92. The molecule has 1 N–H and O–H groups in total. The molecule has 3 rings (SSSR count).